The fourth-order valence-corrected chi connectivity index (χ4v) is 5.88. The lowest BCUT2D eigenvalue weighted by Crippen LogP contribution is -2.55. The van der Waals surface area contributed by atoms with Crippen molar-refractivity contribution in [1.29, 1.82) is 0 Å². The normalized spacial score (nSPS) is 16.1. The molecule has 8 nitrogen and oxygen atoms in total. The number of carboxylic acids is 1. The first-order chi connectivity index (χ1) is 16.3. The molecule has 34 heavy (non-hydrogen) atoms. The quantitative estimate of drug-likeness (QED) is 0.571. The topological polar surface area (TPSA) is 110 Å². The first kappa shape index (κ1) is 25.3. The molecule has 1 saturated heterocycles. The maximum absolute atomic E-state index is 13.5. The lowest BCUT2D eigenvalue weighted by Gasteiger charge is -2.42. The highest BCUT2D eigenvalue weighted by atomic mass is 32.2. The van der Waals surface area contributed by atoms with Crippen LogP contribution in [-0.4, -0.2) is 55.6 Å². The Morgan fingerprint density at radius 1 is 1.06 bits per heavy atom. The maximum Gasteiger partial charge on any atom is 0.410 e. The van der Waals surface area contributed by atoms with E-state index in [9.17, 15) is 23.1 Å². The van der Waals surface area contributed by atoms with Crippen molar-refractivity contribution in [2.45, 2.75) is 36.7 Å². The van der Waals surface area contributed by atoms with Crippen LogP contribution in [0.15, 0.2) is 65.6 Å². The van der Waals surface area contributed by atoms with Crippen LogP contribution in [0.25, 0.3) is 0 Å². The van der Waals surface area contributed by atoms with Crippen molar-refractivity contribution in [3.8, 4) is 11.8 Å². The molecule has 1 aliphatic rings. The van der Waals surface area contributed by atoms with Gasteiger partial charge in [0.25, 0.3) is 0 Å². The van der Waals surface area contributed by atoms with Gasteiger partial charge in [0.15, 0.2) is 5.44 Å². The van der Waals surface area contributed by atoms with E-state index in [4.69, 9.17) is 9.47 Å². The Balaban J connectivity index is 1.80. The van der Waals surface area contributed by atoms with Gasteiger partial charge in [-0.1, -0.05) is 54.5 Å². The molecule has 0 aromatic heterocycles. The van der Waals surface area contributed by atoms with E-state index in [0.29, 0.717) is 0 Å². The van der Waals surface area contributed by atoms with Gasteiger partial charge in [0.05, 0.1) is 4.90 Å². The Kier molecular flexibility index (Phi) is 8.31. The summed E-state index contributed by atoms with van der Waals surface area (Å²) in [7, 11) is -4.17. The Morgan fingerprint density at radius 3 is 2.21 bits per heavy atom. The first-order valence-corrected chi connectivity index (χ1v) is 12.3. The summed E-state index contributed by atoms with van der Waals surface area (Å²) in [5, 5.41) is 10.2. The third-order valence-electron chi connectivity index (χ3n) is 5.83. The van der Waals surface area contributed by atoms with Crippen molar-refractivity contribution in [1.82, 2.24) is 4.90 Å². The van der Waals surface area contributed by atoms with Crippen LogP contribution < -0.4 is 0 Å². The zero-order valence-corrected chi connectivity index (χ0v) is 19.7. The number of carboxylic acid groups (broad SMARTS) is 1. The second kappa shape index (κ2) is 11.2. The van der Waals surface area contributed by atoms with Crippen molar-refractivity contribution in [2.75, 3.05) is 19.7 Å². The van der Waals surface area contributed by atoms with Crippen LogP contribution in [0.5, 0.6) is 0 Å². The van der Waals surface area contributed by atoms with Gasteiger partial charge in [-0.25, -0.2) is 13.2 Å². The molecular formula is C25H27NO7S. The van der Waals surface area contributed by atoms with Gasteiger partial charge in [0.2, 0.25) is 9.84 Å². The molecule has 3 rings (SSSR count). The third-order valence-corrected chi connectivity index (χ3v) is 7.91. The van der Waals surface area contributed by atoms with Gasteiger partial charge in [-0.05, 0) is 37.5 Å². The third kappa shape index (κ3) is 5.58. The number of hydrogen-bond donors (Lipinski definition) is 1. The Hall–Kier alpha value is -3.35. The van der Waals surface area contributed by atoms with Crippen molar-refractivity contribution in [2.24, 2.45) is 5.41 Å². The lowest BCUT2D eigenvalue weighted by atomic mass is 9.79. The number of piperidine rings is 1. The molecule has 0 bridgehead atoms. The molecule has 1 amide bonds. The molecule has 0 saturated carbocycles. The van der Waals surface area contributed by atoms with Crippen LogP contribution in [0.2, 0.25) is 0 Å². The molecule has 2 aromatic carbocycles. The fraction of sp³-hybridized carbons (Fsp3) is 0.360. The van der Waals surface area contributed by atoms with E-state index in [-0.39, 0.29) is 44.0 Å². The van der Waals surface area contributed by atoms with Gasteiger partial charge in [0, 0.05) is 13.1 Å². The van der Waals surface area contributed by atoms with Crippen LogP contribution in [0.4, 0.5) is 4.79 Å². The van der Waals surface area contributed by atoms with Crippen LogP contribution in [-0.2, 0) is 30.7 Å². The standard InChI is InChI=1S/C25H27NO7S/c1-2-3-18-32-23(34(30,31)21-12-8-5-9-13-21)25(22(27)28)14-16-26(17-15-25)24(29)33-19-20-10-6-4-7-11-20/h4-13,23H,14-19H2,1H3,(H,27,28). The maximum atomic E-state index is 13.5. The summed E-state index contributed by atoms with van der Waals surface area (Å²) in [6.07, 6.45) is -0.805. The number of rotatable bonds is 8. The highest BCUT2D eigenvalue weighted by Gasteiger charge is 2.55. The molecule has 1 fully saturated rings. The predicted molar refractivity (Wildman–Crippen MR) is 124 cm³/mol. The van der Waals surface area contributed by atoms with Crippen molar-refractivity contribution in [3.63, 3.8) is 0 Å². The largest absolute Gasteiger partial charge is 0.481 e. The van der Waals surface area contributed by atoms with E-state index in [2.05, 4.69) is 11.8 Å². The average molecular weight is 486 g/mol. The minimum atomic E-state index is -4.17. The summed E-state index contributed by atoms with van der Waals surface area (Å²) in [6.45, 7) is 1.47. The van der Waals surface area contributed by atoms with E-state index >= 15 is 0 Å². The second-order valence-corrected chi connectivity index (χ2v) is 9.91. The minimum absolute atomic E-state index is 0.0174. The van der Waals surface area contributed by atoms with Gasteiger partial charge in [-0.2, -0.15) is 0 Å². The van der Waals surface area contributed by atoms with Crippen LogP contribution in [0.3, 0.4) is 0 Å². The number of aliphatic carboxylic acids is 1. The Morgan fingerprint density at radius 2 is 1.65 bits per heavy atom. The molecule has 1 atom stereocenters. The number of nitrogens with zero attached hydrogens (tertiary/aromatic N) is 1. The fourth-order valence-electron chi connectivity index (χ4n) is 3.92. The number of carbonyl (C=O) groups excluding carboxylic acids is 1. The van der Waals surface area contributed by atoms with E-state index < -0.39 is 32.8 Å². The lowest BCUT2D eigenvalue weighted by molar-refractivity contribution is -0.159. The number of ether oxygens (including phenoxy) is 2. The second-order valence-electron chi connectivity index (χ2n) is 7.92. The zero-order chi connectivity index (χ0) is 24.6. The van der Waals surface area contributed by atoms with Crippen molar-refractivity contribution in [3.05, 3.63) is 66.2 Å². The molecule has 1 unspecified atom stereocenters. The number of hydrogen-bond acceptors (Lipinski definition) is 6. The molecule has 180 valence electrons. The predicted octanol–water partition coefficient (Wildman–Crippen LogP) is 3.33. The summed E-state index contributed by atoms with van der Waals surface area (Å²) < 4.78 is 37.9. The van der Waals surface area contributed by atoms with Crippen LogP contribution in [0.1, 0.15) is 25.3 Å². The van der Waals surface area contributed by atoms with Gasteiger partial charge in [0.1, 0.15) is 18.6 Å². The van der Waals surface area contributed by atoms with Gasteiger partial charge in [-0.15, -0.1) is 5.92 Å². The van der Waals surface area contributed by atoms with E-state index in [0.717, 1.165) is 5.56 Å². The molecule has 1 heterocycles. The molecule has 2 aromatic rings. The van der Waals surface area contributed by atoms with Gasteiger partial charge < -0.3 is 19.5 Å². The van der Waals surface area contributed by atoms with Crippen molar-refractivity contribution < 1.29 is 32.6 Å². The van der Waals surface area contributed by atoms with Crippen molar-refractivity contribution >= 4 is 21.9 Å². The summed E-state index contributed by atoms with van der Waals surface area (Å²) in [5.74, 6) is 3.97. The van der Waals surface area contributed by atoms with E-state index in [1.165, 1.54) is 17.0 Å². The van der Waals surface area contributed by atoms with E-state index in [1.54, 1.807) is 25.1 Å². The SMILES string of the molecule is CC#CCOC(C1(C(=O)O)CCN(C(=O)OCc2ccccc2)CC1)S(=O)(=O)c1ccccc1. The molecule has 0 aliphatic carbocycles. The monoisotopic (exact) mass is 485 g/mol. The van der Waals surface area contributed by atoms with E-state index in [1.807, 2.05) is 30.3 Å². The van der Waals surface area contributed by atoms with Gasteiger partial charge in [-0.3, -0.25) is 4.79 Å². The number of likely N-dealkylation sites (tertiary alicyclic amines) is 1. The first-order valence-electron chi connectivity index (χ1n) is 10.8. The average Bonchev–Trinajstić information content (AvgIpc) is 2.86. The Bertz CT molecular complexity index is 1150. The zero-order valence-electron chi connectivity index (χ0n) is 18.8. The summed E-state index contributed by atoms with van der Waals surface area (Å²) in [6, 6.07) is 16.8. The highest BCUT2D eigenvalue weighted by Crippen LogP contribution is 2.41. The molecule has 9 heteroatoms. The summed E-state index contributed by atoms with van der Waals surface area (Å²) in [4.78, 5) is 26.4. The number of benzene rings is 2. The smallest absolute Gasteiger partial charge is 0.410 e. The highest BCUT2D eigenvalue weighted by molar-refractivity contribution is 7.92. The molecule has 0 radical (unpaired) electrons. The number of carbonyl (C=O) groups is 2. The molecular weight excluding hydrogens is 458 g/mol. The Labute approximate surface area is 199 Å². The summed E-state index contributed by atoms with van der Waals surface area (Å²) >= 11 is 0. The molecule has 1 aliphatic heterocycles. The molecule has 1 N–H and O–H groups in total. The number of sulfone groups is 1. The van der Waals surface area contributed by atoms with Crippen LogP contribution >= 0.6 is 0 Å². The molecule has 0 spiro atoms. The summed E-state index contributed by atoms with van der Waals surface area (Å²) in [5.41, 5.74) is -2.59. The van der Waals surface area contributed by atoms with Crippen LogP contribution in [0, 0.1) is 17.3 Å². The minimum Gasteiger partial charge on any atom is -0.481 e. The van der Waals surface area contributed by atoms with Gasteiger partial charge >= 0.3 is 12.1 Å². The number of amides is 1.